The van der Waals surface area contributed by atoms with E-state index >= 15 is 0 Å². The van der Waals surface area contributed by atoms with Crippen molar-refractivity contribution in [3.8, 4) is 5.75 Å². The number of Topliss-reactive ketones (excluding diaryl/α,β-unsaturated/α-hetero) is 1. The first-order valence-electron chi connectivity index (χ1n) is 7.39. The number of carbonyl (C=O) groups is 2. The van der Waals surface area contributed by atoms with Gasteiger partial charge in [0.25, 0.3) is 5.91 Å². The fourth-order valence-corrected chi connectivity index (χ4v) is 3.27. The summed E-state index contributed by atoms with van der Waals surface area (Å²) in [5, 5.41) is 12.4. The Labute approximate surface area is 150 Å². The number of phenols is 1. The minimum atomic E-state index is -0.693. The maximum absolute atomic E-state index is 12.4. The van der Waals surface area contributed by atoms with Gasteiger partial charge in [0.1, 0.15) is 5.75 Å². The fraction of sp³-hybridized carbons (Fsp3) is 0.222. The van der Waals surface area contributed by atoms with Crippen LogP contribution in [0.5, 0.6) is 5.75 Å². The summed E-state index contributed by atoms with van der Waals surface area (Å²) in [6, 6.07) is 13.6. The number of ketones is 1. The third-order valence-electron chi connectivity index (χ3n) is 3.54. The van der Waals surface area contributed by atoms with Crippen molar-refractivity contribution in [2.24, 2.45) is 0 Å². The second-order valence-electron chi connectivity index (χ2n) is 5.20. The molecule has 0 bridgehead atoms. The lowest BCUT2D eigenvalue weighted by molar-refractivity contribution is -0.118. The van der Waals surface area contributed by atoms with Crippen molar-refractivity contribution in [2.75, 3.05) is 11.6 Å². The molecule has 0 unspecified atom stereocenters. The molecule has 0 heterocycles. The van der Waals surface area contributed by atoms with Crippen LogP contribution in [-0.2, 0) is 4.79 Å². The fourth-order valence-electron chi connectivity index (χ4n) is 2.11. The highest BCUT2D eigenvalue weighted by atomic mass is 35.5. The molecular weight excluding hydrogens is 346 g/mol. The zero-order valence-electron chi connectivity index (χ0n) is 13.2. The lowest BCUT2D eigenvalue weighted by Crippen LogP contribution is -2.43. The molecule has 0 saturated heterocycles. The van der Waals surface area contributed by atoms with E-state index in [4.69, 9.17) is 11.6 Å². The second kappa shape index (κ2) is 8.76. The smallest absolute Gasteiger partial charge is 0.252 e. The number of hydrogen-bond acceptors (Lipinski definition) is 4. The van der Waals surface area contributed by atoms with Gasteiger partial charge in [-0.3, -0.25) is 9.59 Å². The standard InChI is InChI=1S/C18H18ClNO3S/c1-12-14(8-5-9-16(12)21)18(23)20-15(17(22)10-19)11-24-13-6-3-2-4-7-13/h2-9,15,21H,10-11H2,1H3,(H,20,23)/t15-/m1/s1. The van der Waals surface area contributed by atoms with Gasteiger partial charge in [0.05, 0.1) is 11.9 Å². The van der Waals surface area contributed by atoms with Gasteiger partial charge in [0.15, 0.2) is 5.78 Å². The van der Waals surface area contributed by atoms with Gasteiger partial charge in [-0.25, -0.2) is 0 Å². The summed E-state index contributed by atoms with van der Waals surface area (Å²) in [5.41, 5.74) is 0.815. The molecule has 0 aliphatic rings. The normalized spacial score (nSPS) is 11.8. The van der Waals surface area contributed by atoms with Crippen molar-refractivity contribution < 1.29 is 14.7 Å². The van der Waals surface area contributed by atoms with Crippen molar-refractivity contribution in [2.45, 2.75) is 17.9 Å². The Hall–Kier alpha value is -1.98. The number of carbonyl (C=O) groups excluding carboxylic acids is 2. The molecule has 1 amide bonds. The predicted octanol–water partition coefficient (Wildman–Crippen LogP) is 3.40. The summed E-state index contributed by atoms with van der Waals surface area (Å²) in [5.74, 6) is -0.383. The molecule has 0 aliphatic carbocycles. The molecule has 2 aromatic rings. The quantitative estimate of drug-likeness (QED) is 0.584. The number of phenolic OH excluding ortho intramolecular Hbond substituents is 1. The number of hydrogen-bond donors (Lipinski definition) is 2. The van der Waals surface area contributed by atoms with E-state index in [0.29, 0.717) is 16.9 Å². The monoisotopic (exact) mass is 363 g/mol. The molecule has 126 valence electrons. The molecule has 1 atom stereocenters. The summed E-state index contributed by atoms with van der Waals surface area (Å²) in [6.45, 7) is 1.65. The molecule has 24 heavy (non-hydrogen) atoms. The number of halogens is 1. The van der Waals surface area contributed by atoms with Gasteiger partial charge in [0.2, 0.25) is 0 Å². The maximum Gasteiger partial charge on any atom is 0.252 e. The van der Waals surface area contributed by atoms with Crippen LogP contribution in [0.25, 0.3) is 0 Å². The molecule has 0 spiro atoms. The Balaban J connectivity index is 2.09. The highest BCUT2D eigenvalue weighted by Gasteiger charge is 2.22. The summed E-state index contributed by atoms with van der Waals surface area (Å²) < 4.78 is 0. The number of thioether (sulfide) groups is 1. The van der Waals surface area contributed by atoms with Gasteiger partial charge in [-0.1, -0.05) is 24.3 Å². The molecule has 0 radical (unpaired) electrons. The molecule has 0 saturated carbocycles. The van der Waals surface area contributed by atoms with Crippen molar-refractivity contribution in [1.29, 1.82) is 0 Å². The summed E-state index contributed by atoms with van der Waals surface area (Å²) in [6.07, 6.45) is 0. The lowest BCUT2D eigenvalue weighted by atomic mass is 10.1. The number of benzene rings is 2. The van der Waals surface area contributed by atoms with Crippen molar-refractivity contribution in [3.05, 3.63) is 59.7 Å². The Morgan fingerprint density at radius 2 is 1.88 bits per heavy atom. The number of alkyl halides is 1. The van der Waals surface area contributed by atoms with Crippen LogP contribution in [0, 0.1) is 6.92 Å². The highest BCUT2D eigenvalue weighted by Crippen LogP contribution is 2.21. The van der Waals surface area contributed by atoms with E-state index in [9.17, 15) is 14.7 Å². The van der Waals surface area contributed by atoms with Gasteiger partial charge < -0.3 is 10.4 Å². The SMILES string of the molecule is Cc1c(O)cccc1C(=O)N[C@H](CSc1ccccc1)C(=O)CCl. The molecular formula is C18H18ClNO3S. The third kappa shape index (κ3) is 4.76. The van der Waals surface area contributed by atoms with Crippen molar-refractivity contribution >= 4 is 35.1 Å². The van der Waals surface area contributed by atoms with Crippen molar-refractivity contribution in [1.82, 2.24) is 5.32 Å². The topological polar surface area (TPSA) is 66.4 Å². The molecule has 2 N–H and O–H groups in total. The highest BCUT2D eigenvalue weighted by molar-refractivity contribution is 7.99. The molecule has 4 nitrogen and oxygen atoms in total. The maximum atomic E-state index is 12.4. The first-order valence-corrected chi connectivity index (χ1v) is 8.91. The van der Waals surface area contributed by atoms with Crippen LogP contribution >= 0.6 is 23.4 Å². The first kappa shape index (κ1) is 18.4. The minimum absolute atomic E-state index is 0.0431. The van der Waals surface area contributed by atoms with E-state index in [2.05, 4.69) is 5.32 Å². The van der Waals surface area contributed by atoms with Gasteiger partial charge >= 0.3 is 0 Å². The van der Waals surface area contributed by atoms with E-state index in [1.54, 1.807) is 19.1 Å². The second-order valence-corrected chi connectivity index (χ2v) is 6.56. The van der Waals surface area contributed by atoms with E-state index in [1.165, 1.54) is 17.8 Å². The van der Waals surface area contributed by atoms with Gasteiger partial charge in [0, 0.05) is 21.8 Å². The van der Waals surface area contributed by atoms with Crippen LogP contribution in [0.1, 0.15) is 15.9 Å². The largest absolute Gasteiger partial charge is 0.508 e. The zero-order valence-corrected chi connectivity index (χ0v) is 14.7. The number of rotatable bonds is 7. The lowest BCUT2D eigenvalue weighted by Gasteiger charge is -2.17. The Morgan fingerprint density at radius 1 is 1.17 bits per heavy atom. The molecule has 2 aromatic carbocycles. The third-order valence-corrected chi connectivity index (χ3v) is 4.90. The number of amides is 1. The summed E-state index contributed by atoms with van der Waals surface area (Å²) >= 11 is 7.14. The molecule has 6 heteroatoms. The predicted molar refractivity (Wildman–Crippen MR) is 97.0 cm³/mol. The van der Waals surface area contributed by atoms with E-state index < -0.39 is 11.9 Å². The molecule has 0 fully saturated rings. The Bertz CT molecular complexity index is 721. The van der Waals surface area contributed by atoms with Crippen LogP contribution in [0.3, 0.4) is 0 Å². The Morgan fingerprint density at radius 3 is 2.54 bits per heavy atom. The summed E-state index contributed by atoms with van der Waals surface area (Å²) in [7, 11) is 0. The average Bonchev–Trinajstić information content (AvgIpc) is 2.61. The van der Waals surface area contributed by atoms with Crippen LogP contribution < -0.4 is 5.32 Å². The van der Waals surface area contributed by atoms with Crippen LogP contribution in [0.15, 0.2) is 53.4 Å². The van der Waals surface area contributed by atoms with Gasteiger partial charge in [-0.15, -0.1) is 23.4 Å². The number of aromatic hydroxyl groups is 1. The molecule has 0 aliphatic heterocycles. The first-order chi connectivity index (χ1) is 11.5. The van der Waals surface area contributed by atoms with Crippen LogP contribution in [0.4, 0.5) is 0 Å². The van der Waals surface area contributed by atoms with Crippen LogP contribution in [-0.4, -0.2) is 34.5 Å². The van der Waals surface area contributed by atoms with E-state index in [1.807, 2.05) is 30.3 Å². The summed E-state index contributed by atoms with van der Waals surface area (Å²) in [4.78, 5) is 25.5. The number of nitrogens with one attached hydrogen (secondary N) is 1. The van der Waals surface area contributed by atoms with Gasteiger partial charge in [-0.2, -0.15) is 0 Å². The zero-order chi connectivity index (χ0) is 17.5. The van der Waals surface area contributed by atoms with E-state index in [-0.39, 0.29) is 17.4 Å². The average molecular weight is 364 g/mol. The van der Waals surface area contributed by atoms with Crippen LogP contribution in [0.2, 0.25) is 0 Å². The molecule has 0 aromatic heterocycles. The molecule has 2 rings (SSSR count). The van der Waals surface area contributed by atoms with E-state index in [0.717, 1.165) is 4.90 Å². The minimum Gasteiger partial charge on any atom is -0.508 e. The van der Waals surface area contributed by atoms with Crippen molar-refractivity contribution in [3.63, 3.8) is 0 Å². The Kier molecular flexibility index (Phi) is 6.70. The van der Waals surface area contributed by atoms with Gasteiger partial charge in [-0.05, 0) is 31.2 Å².